The SMILES string of the molecule is [2H]C1(N2Cc3c(cccc3C(C)C)C2=O)CCC(=O)NC1=O. The van der Waals surface area contributed by atoms with Gasteiger partial charge in [0.25, 0.3) is 5.91 Å². The normalized spacial score (nSPS) is 26.0. The number of nitrogens with zero attached hydrogens (tertiary/aromatic N) is 1. The highest BCUT2D eigenvalue weighted by Crippen LogP contribution is 2.32. The Labute approximate surface area is 124 Å². The van der Waals surface area contributed by atoms with E-state index in [0.29, 0.717) is 5.56 Å². The molecule has 3 amide bonds. The lowest BCUT2D eigenvalue weighted by Gasteiger charge is -2.29. The van der Waals surface area contributed by atoms with Gasteiger partial charge in [0, 0.05) is 18.5 Å². The van der Waals surface area contributed by atoms with Gasteiger partial charge in [-0.2, -0.15) is 0 Å². The molecule has 2 aliphatic heterocycles. The first-order valence-corrected chi connectivity index (χ1v) is 7.12. The summed E-state index contributed by atoms with van der Waals surface area (Å²) < 4.78 is 8.44. The molecule has 0 aliphatic carbocycles. The van der Waals surface area contributed by atoms with Crippen LogP contribution in [0.2, 0.25) is 0 Å². The van der Waals surface area contributed by atoms with E-state index >= 15 is 0 Å². The standard InChI is InChI=1S/C16H18N2O3/c1-9(2)10-4-3-5-11-12(10)8-18(16(11)21)13-6-7-14(19)17-15(13)20/h3-5,9,13H,6-8H2,1-2H3,(H,17,19,20)/i13D. The fourth-order valence-corrected chi connectivity index (χ4v) is 2.98. The van der Waals surface area contributed by atoms with E-state index in [2.05, 4.69) is 5.32 Å². The molecule has 110 valence electrons. The van der Waals surface area contributed by atoms with Gasteiger partial charge >= 0.3 is 0 Å². The number of piperidine rings is 1. The molecule has 0 spiro atoms. The maximum Gasteiger partial charge on any atom is 0.255 e. The molecule has 2 aliphatic rings. The van der Waals surface area contributed by atoms with E-state index in [1.807, 2.05) is 26.0 Å². The van der Waals surface area contributed by atoms with Crippen molar-refractivity contribution < 1.29 is 15.8 Å². The van der Waals surface area contributed by atoms with Crippen LogP contribution < -0.4 is 5.32 Å². The Hall–Kier alpha value is -2.17. The molecule has 1 aromatic carbocycles. The second kappa shape index (κ2) is 4.98. The summed E-state index contributed by atoms with van der Waals surface area (Å²) in [5.74, 6) is -1.15. The van der Waals surface area contributed by atoms with E-state index in [1.165, 1.54) is 4.90 Å². The van der Waals surface area contributed by atoms with Gasteiger partial charge in [0.05, 0.1) is 1.37 Å². The molecule has 0 bridgehead atoms. The van der Waals surface area contributed by atoms with Crippen molar-refractivity contribution in [3.05, 3.63) is 34.9 Å². The molecule has 1 fully saturated rings. The molecule has 1 atom stereocenters. The minimum absolute atomic E-state index is 0.0361. The van der Waals surface area contributed by atoms with Crippen molar-refractivity contribution in [1.82, 2.24) is 10.2 Å². The van der Waals surface area contributed by atoms with Crippen molar-refractivity contribution in [3.8, 4) is 0 Å². The van der Waals surface area contributed by atoms with Crippen molar-refractivity contribution >= 4 is 17.7 Å². The Bertz CT molecular complexity index is 686. The molecule has 2 heterocycles. The Balaban J connectivity index is 1.99. The number of hydrogen-bond acceptors (Lipinski definition) is 3. The molecule has 0 aromatic heterocycles. The number of hydrogen-bond donors (Lipinski definition) is 1. The largest absolute Gasteiger partial charge is 0.322 e. The van der Waals surface area contributed by atoms with Crippen LogP contribution in [-0.4, -0.2) is 28.6 Å². The highest BCUT2D eigenvalue weighted by molar-refractivity contribution is 6.05. The van der Waals surface area contributed by atoms with E-state index in [0.717, 1.165) is 11.1 Å². The van der Waals surface area contributed by atoms with Crippen molar-refractivity contribution in [1.29, 1.82) is 0 Å². The first kappa shape index (κ1) is 12.6. The van der Waals surface area contributed by atoms with Gasteiger partial charge in [0.2, 0.25) is 11.8 Å². The maximum atomic E-state index is 12.6. The number of nitrogens with one attached hydrogen (secondary N) is 1. The third kappa shape index (κ3) is 2.22. The highest BCUT2D eigenvalue weighted by atomic mass is 16.2. The molecule has 1 saturated heterocycles. The zero-order chi connectivity index (χ0) is 16.1. The molecule has 1 N–H and O–H groups in total. The number of fused-ring (bicyclic) bond motifs is 1. The molecule has 1 aromatic rings. The summed E-state index contributed by atoms with van der Waals surface area (Å²) in [5, 5.41) is 2.17. The number of benzene rings is 1. The summed E-state index contributed by atoms with van der Waals surface area (Å²) in [4.78, 5) is 37.3. The van der Waals surface area contributed by atoms with E-state index in [-0.39, 0.29) is 37.1 Å². The molecule has 5 heteroatoms. The molecule has 3 rings (SSSR count). The van der Waals surface area contributed by atoms with Gasteiger partial charge in [-0.1, -0.05) is 26.0 Å². The summed E-state index contributed by atoms with van der Waals surface area (Å²) >= 11 is 0. The van der Waals surface area contributed by atoms with Crippen LogP contribution >= 0.6 is 0 Å². The zero-order valence-corrected chi connectivity index (χ0v) is 12.1. The molecule has 1 unspecified atom stereocenters. The third-order valence-electron chi connectivity index (χ3n) is 4.06. The minimum atomic E-state index is -1.71. The first-order chi connectivity index (χ1) is 10.3. The topological polar surface area (TPSA) is 66.5 Å². The van der Waals surface area contributed by atoms with Crippen LogP contribution in [0.25, 0.3) is 0 Å². The van der Waals surface area contributed by atoms with E-state index in [1.54, 1.807) is 6.07 Å². The van der Waals surface area contributed by atoms with Crippen molar-refractivity contribution in [2.24, 2.45) is 0 Å². The lowest BCUT2D eigenvalue weighted by Crippen LogP contribution is -2.52. The number of carbonyl (C=O) groups is 3. The van der Waals surface area contributed by atoms with E-state index < -0.39 is 11.9 Å². The van der Waals surface area contributed by atoms with E-state index in [4.69, 9.17) is 1.37 Å². The fourth-order valence-electron chi connectivity index (χ4n) is 2.98. The Morgan fingerprint density at radius 2 is 2.10 bits per heavy atom. The maximum absolute atomic E-state index is 12.6. The number of amides is 3. The zero-order valence-electron chi connectivity index (χ0n) is 13.1. The van der Waals surface area contributed by atoms with Crippen LogP contribution in [0.4, 0.5) is 0 Å². The number of rotatable bonds is 2. The summed E-state index contributed by atoms with van der Waals surface area (Å²) in [6, 6.07) is 3.83. The van der Waals surface area contributed by atoms with Gasteiger partial charge in [0.1, 0.15) is 6.02 Å². The smallest absolute Gasteiger partial charge is 0.255 e. The Morgan fingerprint density at radius 3 is 2.76 bits per heavy atom. The second-order valence-electron chi connectivity index (χ2n) is 5.74. The summed E-state index contributed by atoms with van der Waals surface area (Å²) in [7, 11) is 0. The van der Waals surface area contributed by atoms with Crippen LogP contribution in [0.15, 0.2) is 18.2 Å². The Morgan fingerprint density at radius 1 is 1.33 bits per heavy atom. The molecular weight excluding hydrogens is 268 g/mol. The van der Waals surface area contributed by atoms with Gasteiger partial charge in [-0.3, -0.25) is 19.7 Å². The first-order valence-electron chi connectivity index (χ1n) is 7.62. The average Bonchev–Trinajstić information content (AvgIpc) is 2.81. The predicted molar refractivity (Wildman–Crippen MR) is 76.6 cm³/mol. The Kier molecular flexibility index (Phi) is 2.98. The summed E-state index contributed by atoms with van der Waals surface area (Å²) in [6.07, 6.45) is 0.112. The number of carbonyl (C=O) groups excluding carboxylic acids is 3. The van der Waals surface area contributed by atoms with Crippen LogP contribution in [0.1, 0.15) is 55.5 Å². The fraction of sp³-hybridized carbons (Fsp3) is 0.438. The summed E-state index contributed by atoms with van der Waals surface area (Å²) in [5.41, 5.74) is 2.51. The summed E-state index contributed by atoms with van der Waals surface area (Å²) in [6.45, 7) is 4.34. The minimum Gasteiger partial charge on any atom is -0.322 e. The average molecular weight is 287 g/mol. The second-order valence-corrected chi connectivity index (χ2v) is 5.74. The van der Waals surface area contributed by atoms with Crippen LogP contribution in [0.3, 0.4) is 0 Å². The quantitative estimate of drug-likeness (QED) is 0.840. The lowest BCUT2D eigenvalue weighted by molar-refractivity contribution is -0.136. The van der Waals surface area contributed by atoms with Crippen molar-refractivity contribution in [2.45, 2.75) is 45.2 Å². The monoisotopic (exact) mass is 287 g/mol. The number of imide groups is 1. The highest BCUT2D eigenvalue weighted by Gasteiger charge is 2.39. The molecule has 0 radical (unpaired) electrons. The van der Waals surface area contributed by atoms with Crippen LogP contribution in [0, 0.1) is 0 Å². The molecular formula is C16H18N2O3. The molecule has 0 saturated carbocycles. The predicted octanol–water partition coefficient (Wildman–Crippen LogP) is 1.57. The van der Waals surface area contributed by atoms with E-state index in [9.17, 15) is 14.4 Å². The van der Waals surface area contributed by atoms with Crippen LogP contribution in [0.5, 0.6) is 0 Å². The van der Waals surface area contributed by atoms with Gasteiger partial charge in [-0.05, 0) is 29.5 Å². The van der Waals surface area contributed by atoms with Gasteiger partial charge in [0.15, 0.2) is 0 Å². The van der Waals surface area contributed by atoms with Gasteiger partial charge < -0.3 is 4.90 Å². The van der Waals surface area contributed by atoms with Gasteiger partial charge in [-0.15, -0.1) is 0 Å². The van der Waals surface area contributed by atoms with Crippen LogP contribution in [-0.2, 0) is 16.1 Å². The molecule has 5 nitrogen and oxygen atoms in total. The van der Waals surface area contributed by atoms with Crippen molar-refractivity contribution in [2.75, 3.05) is 0 Å². The lowest BCUT2D eigenvalue weighted by atomic mass is 9.95. The molecule has 21 heavy (non-hydrogen) atoms. The third-order valence-corrected chi connectivity index (χ3v) is 4.06. The van der Waals surface area contributed by atoms with Crippen molar-refractivity contribution in [3.63, 3.8) is 0 Å². The van der Waals surface area contributed by atoms with Gasteiger partial charge in [-0.25, -0.2) is 0 Å².